The molecule has 0 radical (unpaired) electrons. The number of hydrogen-bond acceptors (Lipinski definition) is 3. The van der Waals surface area contributed by atoms with Crippen molar-refractivity contribution in [1.29, 1.82) is 0 Å². The number of nitrogens with one attached hydrogen (secondary N) is 3. The van der Waals surface area contributed by atoms with Crippen LogP contribution in [0, 0.1) is 0 Å². The summed E-state index contributed by atoms with van der Waals surface area (Å²) >= 11 is 5.87. The molecule has 0 atom stereocenters. The molecule has 1 heterocycles. The number of halogens is 1. The lowest BCUT2D eigenvalue weighted by molar-refractivity contribution is 0.262. The van der Waals surface area contributed by atoms with E-state index in [9.17, 15) is 4.79 Å². The van der Waals surface area contributed by atoms with E-state index in [4.69, 9.17) is 11.6 Å². The van der Waals surface area contributed by atoms with Gasteiger partial charge in [-0.05, 0) is 55.0 Å². The third-order valence-corrected chi connectivity index (χ3v) is 4.61. The van der Waals surface area contributed by atoms with Crippen LogP contribution in [0.5, 0.6) is 0 Å². The van der Waals surface area contributed by atoms with Crippen molar-refractivity contribution in [2.75, 3.05) is 22.5 Å². The molecule has 29 heavy (non-hydrogen) atoms. The van der Waals surface area contributed by atoms with Crippen LogP contribution < -0.4 is 16.0 Å². The standard InChI is InChI=1S/C23H25ClN4O/c1-2-3-4-15-25-22-10-6-9-21(28-22)17-7-5-8-20(16-17)27-23(29)26-19-13-11-18(24)12-14-19/h5-14,16H,2-4,15H2,1H3,(H,25,28)(H2,26,27,29). The Morgan fingerprint density at radius 1 is 0.931 bits per heavy atom. The van der Waals surface area contributed by atoms with Crippen molar-refractivity contribution in [2.45, 2.75) is 26.2 Å². The zero-order chi connectivity index (χ0) is 20.5. The molecule has 3 N–H and O–H groups in total. The number of nitrogens with zero attached hydrogens (tertiary/aromatic N) is 1. The largest absolute Gasteiger partial charge is 0.370 e. The number of amides is 2. The summed E-state index contributed by atoms with van der Waals surface area (Å²) in [7, 11) is 0. The van der Waals surface area contributed by atoms with Gasteiger partial charge in [-0.25, -0.2) is 9.78 Å². The van der Waals surface area contributed by atoms with Gasteiger partial charge in [0, 0.05) is 28.5 Å². The number of anilines is 3. The Labute approximate surface area is 176 Å². The molecule has 0 bridgehead atoms. The Bertz CT molecular complexity index is 944. The number of pyridine rings is 1. The summed E-state index contributed by atoms with van der Waals surface area (Å²) in [5.41, 5.74) is 3.15. The number of unbranched alkanes of at least 4 members (excludes halogenated alkanes) is 2. The van der Waals surface area contributed by atoms with Gasteiger partial charge in [0.25, 0.3) is 0 Å². The van der Waals surface area contributed by atoms with E-state index >= 15 is 0 Å². The van der Waals surface area contributed by atoms with Gasteiger partial charge in [0.05, 0.1) is 5.69 Å². The second-order valence-corrected chi connectivity index (χ2v) is 7.15. The van der Waals surface area contributed by atoms with E-state index in [1.54, 1.807) is 24.3 Å². The van der Waals surface area contributed by atoms with E-state index in [1.165, 1.54) is 12.8 Å². The number of hydrogen-bond donors (Lipinski definition) is 3. The monoisotopic (exact) mass is 408 g/mol. The predicted octanol–water partition coefficient (Wildman–Crippen LogP) is 6.65. The van der Waals surface area contributed by atoms with E-state index in [0.29, 0.717) is 16.4 Å². The molecule has 3 rings (SSSR count). The van der Waals surface area contributed by atoms with Gasteiger partial charge in [-0.3, -0.25) is 0 Å². The van der Waals surface area contributed by atoms with Crippen molar-refractivity contribution in [3.63, 3.8) is 0 Å². The van der Waals surface area contributed by atoms with E-state index in [-0.39, 0.29) is 6.03 Å². The maximum absolute atomic E-state index is 12.3. The molecule has 0 aliphatic carbocycles. The number of urea groups is 1. The van der Waals surface area contributed by atoms with Crippen molar-refractivity contribution in [3.8, 4) is 11.3 Å². The molecule has 0 aliphatic rings. The molecule has 0 spiro atoms. The van der Waals surface area contributed by atoms with Gasteiger partial charge in [-0.1, -0.05) is 49.6 Å². The summed E-state index contributed by atoms with van der Waals surface area (Å²) in [4.78, 5) is 16.9. The third-order valence-electron chi connectivity index (χ3n) is 4.35. The van der Waals surface area contributed by atoms with E-state index < -0.39 is 0 Å². The van der Waals surface area contributed by atoms with Crippen LogP contribution >= 0.6 is 11.6 Å². The van der Waals surface area contributed by atoms with Gasteiger partial charge >= 0.3 is 6.03 Å². The fraction of sp³-hybridized carbons (Fsp3) is 0.217. The highest BCUT2D eigenvalue weighted by molar-refractivity contribution is 6.30. The molecule has 0 unspecified atom stereocenters. The van der Waals surface area contributed by atoms with Crippen LogP contribution in [0.2, 0.25) is 5.02 Å². The number of aromatic nitrogens is 1. The summed E-state index contributed by atoms with van der Waals surface area (Å²) in [6, 6.07) is 20.2. The summed E-state index contributed by atoms with van der Waals surface area (Å²) < 4.78 is 0. The maximum atomic E-state index is 12.3. The summed E-state index contributed by atoms with van der Waals surface area (Å²) in [5.74, 6) is 0.859. The Kier molecular flexibility index (Phi) is 7.47. The summed E-state index contributed by atoms with van der Waals surface area (Å²) in [5, 5.41) is 9.63. The lowest BCUT2D eigenvalue weighted by Gasteiger charge is -2.10. The van der Waals surface area contributed by atoms with Crippen molar-refractivity contribution in [2.24, 2.45) is 0 Å². The Balaban J connectivity index is 1.64. The fourth-order valence-electron chi connectivity index (χ4n) is 2.87. The molecule has 0 fully saturated rings. The Hall–Kier alpha value is -3.05. The van der Waals surface area contributed by atoms with E-state index in [1.807, 2.05) is 42.5 Å². The molecule has 2 aromatic carbocycles. The molecular formula is C23H25ClN4O. The quantitative estimate of drug-likeness (QED) is 0.365. The number of carbonyl (C=O) groups is 1. The molecule has 2 amide bonds. The van der Waals surface area contributed by atoms with Gasteiger partial charge in [0.2, 0.25) is 0 Å². The first kappa shape index (κ1) is 20.7. The van der Waals surface area contributed by atoms with Crippen LogP contribution in [-0.2, 0) is 0 Å². The topological polar surface area (TPSA) is 66.0 Å². The SMILES string of the molecule is CCCCCNc1cccc(-c2cccc(NC(=O)Nc3ccc(Cl)cc3)c2)n1. The van der Waals surface area contributed by atoms with Gasteiger partial charge in [0.15, 0.2) is 0 Å². The average Bonchev–Trinajstić information content (AvgIpc) is 2.73. The smallest absolute Gasteiger partial charge is 0.323 e. The molecule has 5 nitrogen and oxygen atoms in total. The lowest BCUT2D eigenvalue weighted by atomic mass is 10.1. The second kappa shape index (κ2) is 10.5. The number of carbonyl (C=O) groups excluding carboxylic acids is 1. The minimum Gasteiger partial charge on any atom is -0.370 e. The molecule has 0 saturated heterocycles. The number of rotatable bonds is 8. The van der Waals surface area contributed by atoms with Crippen LogP contribution in [0.3, 0.4) is 0 Å². The van der Waals surface area contributed by atoms with Crippen LogP contribution in [-0.4, -0.2) is 17.6 Å². The Morgan fingerprint density at radius 3 is 2.48 bits per heavy atom. The molecule has 0 saturated carbocycles. The average molecular weight is 409 g/mol. The molecule has 150 valence electrons. The highest BCUT2D eigenvalue weighted by atomic mass is 35.5. The van der Waals surface area contributed by atoms with Crippen LogP contribution in [0.1, 0.15) is 26.2 Å². The molecule has 0 aliphatic heterocycles. The van der Waals surface area contributed by atoms with Crippen molar-refractivity contribution in [3.05, 3.63) is 71.8 Å². The molecule has 6 heteroatoms. The molecule has 3 aromatic rings. The van der Waals surface area contributed by atoms with E-state index in [0.717, 1.165) is 30.0 Å². The zero-order valence-electron chi connectivity index (χ0n) is 16.4. The van der Waals surface area contributed by atoms with Gasteiger partial charge in [0.1, 0.15) is 5.82 Å². The van der Waals surface area contributed by atoms with Gasteiger partial charge in [-0.2, -0.15) is 0 Å². The van der Waals surface area contributed by atoms with Crippen LogP contribution in [0.4, 0.5) is 22.0 Å². The summed E-state index contributed by atoms with van der Waals surface area (Å²) in [6.07, 6.45) is 3.53. The predicted molar refractivity (Wildman–Crippen MR) is 122 cm³/mol. The van der Waals surface area contributed by atoms with Crippen molar-refractivity contribution in [1.82, 2.24) is 4.98 Å². The minimum atomic E-state index is -0.316. The van der Waals surface area contributed by atoms with Crippen LogP contribution in [0.25, 0.3) is 11.3 Å². The highest BCUT2D eigenvalue weighted by Gasteiger charge is 2.06. The third kappa shape index (κ3) is 6.50. The lowest BCUT2D eigenvalue weighted by Crippen LogP contribution is -2.19. The minimum absolute atomic E-state index is 0.316. The molecular weight excluding hydrogens is 384 g/mol. The maximum Gasteiger partial charge on any atom is 0.323 e. The van der Waals surface area contributed by atoms with Gasteiger partial charge < -0.3 is 16.0 Å². The van der Waals surface area contributed by atoms with Crippen molar-refractivity contribution >= 4 is 34.8 Å². The fourth-order valence-corrected chi connectivity index (χ4v) is 2.99. The normalized spacial score (nSPS) is 10.4. The highest BCUT2D eigenvalue weighted by Crippen LogP contribution is 2.23. The first-order valence-electron chi connectivity index (χ1n) is 9.79. The molecule has 1 aromatic heterocycles. The van der Waals surface area contributed by atoms with Crippen molar-refractivity contribution < 1.29 is 4.79 Å². The first-order chi connectivity index (χ1) is 14.1. The Morgan fingerprint density at radius 2 is 1.69 bits per heavy atom. The van der Waals surface area contributed by atoms with Crippen LogP contribution in [0.15, 0.2) is 66.7 Å². The second-order valence-electron chi connectivity index (χ2n) is 6.71. The van der Waals surface area contributed by atoms with E-state index in [2.05, 4.69) is 27.9 Å². The zero-order valence-corrected chi connectivity index (χ0v) is 17.2. The van der Waals surface area contributed by atoms with Gasteiger partial charge in [-0.15, -0.1) is 0 Å². The first-order valence-corrected chi connectivity index (χ1v) is 10.2. The summed E-state index contributed by atoms with van der Waals surface area (Å²) in [6.45, 7) is 3.10. The number of benzene rings is 2.